The van der Waals surface area contributed by atoms with Crippen molar-refractivity contribution in [2.45, 2.75) is 57.7 Å². The van der Waals surface area contributed by atoms with E-state index < -0.39 is 0 Å². The molecule has 1 heterocycles. The van der Waals surface area contributed by atoms with E-state index in [2.05, 4.69) is 16.8 Å². The third-order valence-electron chi connectivity index (χ3n) is 4.03. The number of hydrogen-bond acceptors (Lipinski definition) is 3. The van der Waals surface area contributed by atoms with Crippen LogP contribution in [-0.4, -0.2) is 28.5 Å². The monoisotopic (exact) mass is 315 g/mol. The summed E-state index contributed by atoms with van der Waals surface area (Å²) < 4.78 is 0. The Labute approximate surface area is 131 Å². The number of rotatable bonds is 5. The van der Waals surface area contributed by atoms with Gasteiger partial charge in [0.05, 0.1) is 0 Å². The van der Waals surface area contributed by atoms with Gasteiger partial charge in [0.1, 0.15) is 10.3 Å². The van der Waals surface area contributed by atoms with Gasteiger partial charge < -0.3 is 5.73 Å². The number of halogens is 2. The van der Waals surface area contributed by atoms with E-state index in [9.17, 15) is 0 Å². The standard InChI is InChI=1S/C15H23Cl2N3/c1-2-9-20(13-6-4-12(18)5-7-13)10-11-3-8-14(16)19-15(11)17/h3,8,12-13H,2,4-7,9-10,18H2,1H3. The molecule has 0 aliphatic heterocycles. The minimum absolute atomic E-state index is 0.385. The van der Waals surface area contributed by atoms with Crippen LogP contribution in [0.5, 0.6) is 0 Å². The Balaban J connectivity index is 2.04. The molecular weight excluding hydrogens is 293 g/mol. The quantitative estimate of drug-likeness (QED) is 0.839. The third kappa shape index (κ3) is 4.32. The first-order chi connectivity index (χ1) is 9.60. The Hall–Kier alpha value is -0.350. The average molecular weight is 316 g/mol. The van der Waals surface area contributed by atoms with Gasteiger partial charge in [-0.1, -0.05) is 36.2 Å². The van der Waals surface area contributed by atoms with E-state index in [-0.39, 0.29) is 0 Å². The van der Waals surface area contributed by atoms with Gasteiger partial charge in [-0.15, -0.1) is 0 Å². The van der Waals surface area contributed by atoms with Crippen LogP contribution in [0.3, 0.4) is 0 Å². The van der Waals surface area contributed by atoms with E-state index in [1.807, 2.05) is 12.1 Å². The third-order valence-corrected chi connectivity index (χ3v) is 4.57. The predicted octanol–water partition coefficient (Wildman–Crippen LogP) is 3.87. The molecule has 1 aliphatic rings. The van der Waals surface area contributed by atoms with Crippen LogP contribution in [0, 0.1) is 0 Å². The van der Waals surface area contributed by atoms with Gasteiger partial charge >= 0.3 is 0 Å². The minimum atomic E-state index is 0.385. The van der Waals surface area contributed by atoms with Crippen molar-refractivity contribution in [3.8, 4) is 0 Å². The van der Waals surface area contributed by atoms with Crippen molar-refractivity contribution in [1.82, 2.24) is 9.88 Å². The zero-order valence-corrected chi connectivity index (χ0v) is 13.5. The lowest BCUT2D eigenvalue weighted by Gasteiger charge is -2.36. The second-order valence-electron chi connectivity index (χ2n) is 5.62. The maximum absolute atomic E-state index is 6.19. The second kappa shape index (κ2) is 7.60. The van der Waals surface area contributed by atoms with Crippen molar-refractivity contribution in [3.05, 3.63) is 28.0 Å². The molecule has 0 unspecified atom stereocenters. The molecule has 2 rings (SSSR count). The molecule has 1 aliphatic carbocycles. The van der Waals surface area contributed by atoms with Gasteiger partial charge in [-0.3, -0.25) is 4.90 Å². The van der Waals surface area contributed by atoms with Crippen molar-refractivity contribution >= 4 is 23.2 Å². The maximum atomic E-state index is 6.19. The summed E-state index contributed by atoms with van der Waals surface area (Å²) in [5, 5.41) is 0.968. The summed E-state index contributed by atoms with van der Waals surface area (Å²) in [6.45, 7) is 4.14. The molecule has 20 heavy (non-hydrogen) atoms. The molecule has 112 valence electrons. The molecule has 0 amide bonds. The van der Waals surface area contributed by atoms with Gasteiger partial charge in [0.2, 0.25) is 0 Å². The Morgan fingerprint density at radius 1 is 1.25 bits per heavy atom. The number of nitrogens with two attached hydrogens (primary N) is 1. The van der Waals surface area contributed by atoms with Crippen LogP contribution in [0.4, 0.5) is 0 Å². The number of nitrogens with zero attached hydrogens (tertiary/aromatic N) is 2. The van der Waals surface area contributed by atoms with Crippen LogP contribution in [0.25, 0.3) is 0 Å². The van der Waals surface area contributed by atoms with E-state index >= 15 is 0 Å². The molecule has 0 atom stereocenters. The summed E-state index contributed by atoms with van der Waals surface area (Å²) in [5.74, 6) is 0. The lowest BCUT2D eigenvalue weighted by molar-refractivity contribution is 0.142. The highest BCUT2D eigenvalue weighted by atomic mass is 35.5. The molecule has 3 nitrogen and oxygen atoms in total. The van der Waals surface area contributed by atoms with Crippen LogP contribution >= 0.6 is 23.2 Å². The summed E-state index contributed by atoms with van der Waals surface area (Å²) in [6, 6.07) is 4.79. The van der Waals surface area contributed by atoms with Gasteiger partial charge in [-0.2, -0.15) is 0 Å². The zero-order valence-electron chi connectivity index (χ0n) is 12.0. The number of pyridine rings is 1. The Kier molecular flexibility index (Phi) is 6.09. The van der Waals surface area contributed by atoms with Crippen molar-refractivity contribution in [1.29, 1.82) is 0 Å². The lowest BCUT2D eigenvalue weighted by Crippen LogP contribution is -2.41. The van der Waals surface area contributed by atoms with E-state index in [4.69, 9.17) is 28.9 Å². The molecular formula is C15H23Cl2N3. The Morgan fingerprint density at radius 3 is 2.55 bits per heavy atom. The molecule has 5 heteroatoms. The van der Waals surface area contributed by atoms with Crippen LogP contribution in [0.1, 0.15) is 44.6 Å². The number of hydrogen-bond donors (Lipinski definition) is 1. The first-order valence-corrected chi connectivity index (χ1v) is 8.16. The highest BCUT2D eigenvalue weighted by Crippen LogP contribution is 2.26. The van der Waals surface area contributed by atoms with E-state index in [1.165, 1.54) is 12.8 Å². The smallest absolute Gasteiger partial charge is 0.135 e. The van der Waals surface area contributed by atoms with E-state index in [0.29, 0.717) is 22.4 Å². The van der Waals surface area contributed by atoms with Crippen molar-refractivity contribution in [2.75, 3.05) is 6.54 Å². The van der Waals surface area contributed by atoms with Crippen molar-refractivity contribution < 1.29 is 0 Å². The SMILES string of the molecule is CCCN(Cc1ccc(Cl)nc1Cl)C1CCC(N)CC1. The molecule has 2 N–H and O–H groups in total. The molecule has 1 saturated carbocycles. The summed E-state index contributed by atoms with van der Waals surface area (Å²) >= 11 is 12.0. The Morgan fingerprint density at radius 2 is 1.95 bits per heavy atom. The van der Waals surface area contributed by atoms with E-state index in [1.54, 1.807) is 0 Å². The van der Waals surface area contributed by atoms with Crippen molar-refractivity contribution in [2.24, 2.45) is 5.73 Å². The highest BCUT2D eigenvalue weighted by molar-refractivity contribution is 6.32. The molecule has 0 bridgehead atoms. The summed E-state index contributed by atoms with van der Waals surface area (Å²) in [5.41, 5.74) is 7.06. The molecule has 0 saturated heterocycles. The van der Waals surface area contributed by atoms with Gasteiger partial charge in [-0.05, 0) is 44.7 Å². The van der Waals surface area contributed by atoms with Crippen LogP contribution in [0.15, 0.2) is 12.1 Å². The van der Waals surface area contributed by atoms with Gasteiger partial charge in [0.25, 0.3) is 0 Å². The maximum Gasteiger partial charge on any atom is 0.135 e. The fourth-order valence-corrected chi connectivity index (χ4v) is 3.33. The van der Waals surface area contributed by atoms with E-state index in [0.717, 1.165) is 37.9 Å². The van der Waals surface area contributed by atoms with Gasteiger partial charge in [-0.25, -0.2) is 4.98 Å². The molecule has 1 aromatic rings. The molecule has 0 spiro atoms. The van der Waals surface area contributed by atoms with Gasteiger partial charge in [0, 0.05) is 24.2 Å². The summed E-state index contributed by atoms with van der Waals surface area (Å²) in [7, 11) is 0. The van der Waals surface area contributed by atoms with Crippen LogP contribution in [-0.2, 0) is 6.54 Å². The summed E-state index contributed by atoms with van der Waals surface area (Å²) in [4.78, 5) is 6.64. The minimum Gasteiger partial charge on any atom is -0.328 e. The first-order valence-electron chi connectivity index (χ1n) is 7.40. The average Bonchev–Trinajstić information content (AvgIpc) is 2.42. The topological polar surface area (TPSA) is 42.2 Å². The largest absolute Gasteiger partial charge is 0.328 e. The fourth-order valence-electron chi connectivity index (χ4n) is 2.92. The summed E-state index contributed by atoms with van der Waals surface area (Å²) in [6.07, 6.45) is 5.75. The first kappa shape index (κ1) is 16.0. The molecule has 0 radical (unpaired) electrons. The Bertz CT molecular complexity index is 431. The van der Waals surface area contributed by atoms with Crippen LogP contribution in [0.2, 0.25) is 10.3 Å². The second-order valence-corrected chi connectivity index (χ2v) is 6.37. The zero-order chi connectivity index (χ0) is 14.5. The lowest BCUT2D eigenvalue weighted by atomic mass is 9.90. The van der Waals surface area contributed by atoms with Gasteiger partial charge in [0.15, 0.2) is 0 Å². The normalized spacial score (nSPS) is 23.2. The highest BCUT2D eigenvalue weighted by Gasteiger charge is 2.24. The molecule has 0 aromatic carbocycles. The number of aromatic nitrogens is 1. The molecule has 1 fully saturated rings. The predicted molar refractivity (Wildman–Crippen MR) is 85.2 cm³/mol. The molecule has 1 aromatic heterocycles. The fraction of sp³-hybridized carbons (Fsp3) is 0.667. The van der Waals surface area contributed by atoms with Crippen LogP contribution < -0.4 is 5.73 Å². The van der Waals surface area contributed by atoms with Crippen molar-refractivity contribution in [3.63, 3.8) is 0 Å².